The summed E-state index contributed by atoms with van der Waals surface area (Å²) in [5.74, 6) is 1.71. The van der Waals surface area contributed by atoms with Gasteiger partial charge < -0.3 is 14.4 Å². The predicted molar refractivity (Wildman–Crippen MR) is 93.8 cm³/mol. The monoisotopic (exact) mass is 337 g/mol. The zero-order chi connectivity index (χ0) is 16.3. The molecule has 1 saturated heterocycles. The molecular weight excluding hydrogens is 310 g/mol. The molecule has 4 nitrogen and oxygen atoms in total. The van der Waals surface area contributed by atoms with E-state index in [1.165, 1.54) is 4.90 Å². The number of likely N-dealkylation sites (tertiary alicyclic amines) is 1. The molecule has 0 N–H and O–H groups in total. The van der Waals surface area contributed by atoms with Crippen molar-refractivity contribution in [1.29, 1.82) is 0 Å². The van der Waals surface area contributed by atoms with Crippen molar-refractivity contribution in [3.05, 3.63) is 30.3 Å². The summed E-state index contributed by atoms with van der Waals surface area (Å²) in [6.07, 6.45) is 2.71. The normalized spacial score (nSPS) is 15.8. The molecule has 2 rings (SSSR count). The van der Waals surface area contributed by atoms with Gasteiger partial charge >= 0.3 is 0 Å². The van der Waals surface area contributed by atoms with Gasteiger partial charge in [-0.25, -0.2) is 0 Å². The van der Waals surface area contributed by atoms with Gasteiger partial charge in [-0.15, -0.1) is 11.8 Å². The van der Waals surface area contributed by atoms with Crippen molar-refractivity contribution >= 4 is 17.7 Å². The van der Waals surface area contributed by atoms with Crippen LogP contribution in [0.2, 0.25) is 0 Å². The summed E-state index contributed by atoms with van der Waals surface area (Å²) in [4.78, 5) is 15.5. The Morgan fingerprint density at radius 1 is 1.22 bits per heavy atom. The van der Waals surface area contributed by atoms with E-state index in [1.807, 2.05) is 23.1 Å². The van der Waals surface area contributed by atoms with Gasteiger partial charge in [0, 0.05) is 43.9 Å². The number of carbonyl (C=O) groups excluding carboxylic acids is 1. The number of hydrogen-bond acceptors (Lipinski definition) is 4. The third-order valence-corrected chi connectivity index (χ3v) is 5.09. The number of rotatable bonds is 9. The van der Waals surface area contributed by atoms with Crippen molar-refractivity contribution in [3.63, 3.8) is 0 Å². The fourth-order valence-electron chi connectivity index (χ4n) is 2.67. The molecule has 0 saturated carbocycles. The number of carbonyl (C=O) groups is 1. The maximum absolute atomic E-state index is 12.3. The van der Waals surface area contributed by atoms with Crippen LogP contribution in [0, 0.1) is 5.92 Å². The summed E-state index contributed by atoms with van der Waals surface area (Å²) in [7, 11) is 1.68. The van der Waals surface area contributed by atoms with E-state index in [9.17, 15) is 4.79 Å². The largest absolute Gasteiger partial charge is 0.382 e. The highest BCUT2D eigenvalue weighted by molar-refractivity contribution is 7.99. The number of methoxy groups -OCH3 is 1. The average Bonchev–Trinajstić information content (AvgIpc) is 2.60. The molecular formula is C18H27NO3S. The first-order chi connectivity index (χ1) is 11.3. The summed E-state index contributed by atoms with van der Waals surface area (Å²) in [6.45, 7) is 3.83. The topological polar surface area (TPSA) is 38.8 Å². The molecule has 1 aromatic rings. The van der Waals surface area contributed by atoms with E-state index in [0.29, 0.717) is 25.6 Å². The fourth-order valence-corrected chi connectivity index (χ4v) is 3.53. The Bertz CT molecular complexity index is 447. The van der Waals surface area contributed by atoms with Gasteiger partial charge in [0.25, 0.3) is 0 Å². The summed E-state index contributed by atoms with van der Waals surface area (Å²) in [5.41, 5.74) is 0. The molecule has 0 bridgehead atoms. The molecule has 1 amide bonds. The number of thioether (sulfide) groups is 1. The lowest BCUT2D eigenvalue weighted by molar-refractivity contribution is -0.132. The average molecular weight is 337 g/mol. The van der Waals surface area contributed by atoms with Crippen LogP contribution in [0.3, 0.4) is 0 Å². The number of nitrogens with zero attached hydrogens (tertiary/aromatic N) is 1. The standard InChI is InChI=1S/C18H27NO3S/c1-21-12-13-22-15-16-7-10-19(11-8-16)18(20)9-14-23-17-5-3-2-4-6-17/h2-6,16H,7-15H2,1H3. The van der Waals surface area contributed by atoms with E-state index < -0.39 is 0 Å². The summed E-state index contributed by atoms with van der Waals surface area (Å²) in [6, 6.07) is 10.3. The molecule has 1 aliphatic rings. The number of hydrogen-bond donors (Lipinski definition) is 0. The first-order valence-corrected chi connectivity index (χ1v) is 9.30. The Morgan fingerprint density at radius 3 is 2.65 bits per heavy atom. The predicted octanol–water partition coefficient (Wildman–Crippen LogP) is 3.07. The van der Waals surface area contributed by atoms with E-state index in [-0.39, 0.29) is 5.91 Å². The van der Waals surface area contributed by atoms with Crippen LogP contribution in [0.15, 0.2) is 35.2 Å². The molecule has 0 aliphatic carbocycles. The molecule has 1 aliphatic heterocycles. The lowest BCUT2D eigenvalue weighted by atomic mass is 9.97. The minimum absolute atomic E-state index is 0.284. The van der Waals surface area contributed by atoms with Crippen LogP contribution in [-0.2, 0) is 14.3 Å². The van der Waals surface area contributed by atoms with Crippen LogP contribution in [0.5, 0.6) is 0 Å². The first kappa shape index (κ1) is 18.3. The molecule has 0 spiro atoms. The summed E-state index contributed by atoms with van der Waals surface area (Å²) < 4.78 is 10.6. The van der Waals surface area contributed by atoms with E-state index >= 15 is 0 Å². The Kier molecular flexibility index (Phi) is 8.50. The zero-order valence-corrected chi connectivity index (χ0v) is 14.7. The van der Waals surface area contributed by atoms with Crippen LogP contribution in [0.4, 0.5) is 0 Å². The molecule has 0 unspecified atom stereocenters. The Labute approximate surface area is 143 Å². The third-order valence-electron chi connectivity index (χ3n) is 4.08. The van der Waals surface area contributed by atoms with E-state index in [4.69, 9.17) is 9.47 Å². The Balaban J connectivity index is 1.58. The summed E-state index contributed by atoms with van der Waals surface area (Å²) >= 11 is 1.75. The van der Waals surface area contributed by atoms with Crippen molar-refractivity contribution in [2.24, 2.45) is 5.92 Å². The summed E-state index contributed by atoms with van der Waals surface area (Å²) in [5, 5.41) is 0. The SMILES string of the molecule is COCCOCC1CCN(C(=O)CCSc2ccccc2)CC1. The van der Waals surface area contributed by atoms with Gasteiger partial charge in [-0.05, 0) is 30.9 Å². The number of benzene rings is 1. The highest BCUT2D eigenvalue weighted by atomic mass is 32.2. The number of piperidine rings is 1. The quantitative estimate of drug-likeness (QED) is 0.513. The van der Waals surface area contributed by atoms with Crippen LogP contribution < -0.4 is 0 Å². The van der Waals surface area contributed by atoms with Gasteiger partial charge in [-0.1, -0.05) is 18.2 Å². The minimum Gasteiger partial charge on any atom is -0.382 e. The van der Waals surface area contributed by atoms with Crippen LogP contribution in [0.1, 0.15) is 19.3 Å². The number of ether oxygens (including phenoxy) is 2. The molecule has 23 heavy (non-hydrogen) atoms. The Morgan fingerprint density at radius 2 is 1.96 bits per heavy atom. The van der Waals surface area contributed by atoms with Crippen molar-refractivity contribution in [2.75, 3.05) is 45.8 Å². The lowest BCUT2D eigenvalue weighted by Gasteiger charge is -2.32. The van der Waals surface area contributed by atoms with Crippen LogP contribution in [0.25, 0.3) is 0 Å². The van der Waals surface area contributed by atoms with Crippen LogP contribution in [-0.4, -0.2) is 56.6 Å². The van der Waals surface area contributed by atoms with E-state index in [0.717, 1.165) is 38.3 Å². The maximum Gasteiger partial charge on any atom is 0.223 e. The molecule has 1 fully saturated rings. The second-order valence-electron chi connectivity index (χ2n) is 5.80. The molecule has 1 heterocycles. The lowest BCUT2D eigenvalue weighted by Crippen LogP contribution is -2.39. The molecule has 5 heteroatoms. The minimum atomic E-state index is 0.284. The van der Waals surface area contributed by atoms with Gasteiger partial charge in [-0.2, -0.15) is 0 Å². The van der Waals surface area contributed by atoms with Crippen LogP contribution >= 0.6 is 11.8 Å². The smallest absolute Gasteiger partial charge is 0.223 e. The second-order valence-corrected chi connectivity index (χ2v) is 6.97. The van der Waals surface area contributed by atoms with E-state index in [1.54, 1.807) is 18.9 Å². The van der Waals surface area contributed by atoms with E-state index in [2.05, 4.69) is 12.1 Å². The maximum atomic E-state index is 12.3. The Hall–Kier alpha value is -1.04. The molecule has 0 radical (unpaired) electrons. The fraction of sp³-hybridized carbons (Fsp3) is 0.611. The highest BCUT2D eigenvalue weighted by Gasteiger charge is 2.22. The second kappa shape index (κ2) is 10.7. The zero-order valence-electron chi connectivity index (χ0n) is 13.9. The third kappa shape index (κ3) is 6.94. The van der Waals surface area contributed by atoms with Gasteiger partial charge in [0.15, 0.2) is 0 Å². The van der Waals surface area contributed by atoms with Crippen molar-refractivity contribution in [3.8, 4) is 0 Å². The van der Waals surface area contributed by atoms with Gasteiger partial charge in [0.2, 0.25) is 5.91 Å². The first-order valence-electron chi connectivity index (χ1n) is 8.32. The number of amides is 1. The molecule has 1 aromatic carbocycles. The van der Waals surface area contributed by atoms with Crippen molar-refractivity contribution in [1.82, 2.24) is 4.90 Å². The van der Waals surface area contributed by atoms with Crippen molar-refractivity contribution < 1.29 is 14.3 Å². The molecule has 128 valence electrons. The van der Waals surface area contributed by atoms with Gasteiger partial charge in [0.05, 0.1) is 13.2 Å². The molecule has 0 aromatic heterocycles. The highest BCUT2D eigenvalue weighted by Crippen LogP contribution is 2.21. The molecule has 0 atom stereocenters. The van der Waals surface area contributed by atoms with Gasteiger partial charge in [-0.3, -0.25) is 4.79 Å². The van der Waals surface area contributed by atoms with Crippen molar-refractivity contribution in [2.45, 2.75) is 24.2 Å². The van der Waals surface area contributed by atoms with Gasteiger partial charge in [0.1, 0.15) is 0 Å².